The zero-order valence-electron chi connectivity index (χ0n) is 12.0. The first-order valence-corrected chi connectivity index (χ1v) is 7.25. The third kappa shape index (κ3) is 3.80. The van der Waals surface area contributed by atoms with Gasteiger partial charge >= 0.3 is 5.97 Å². The normalized spacial score (nSPS) is 22.8. The van der Waals surface area contributed by atoms with Crippen LogP contribution in [-0.2, 0) is 16.0 Å². The van der Waals surface area contributed by atoms with Gasteiger partial charge in [-0.05, 0) is 30.9 Å². The second-order valence-corrected chi connectivity index (χ2v) is 5.69. The summed E-state index contributed by atoms with van der Waals surface area (Å²) in [5.74, 6) is -2.29. The number of hydrogen-bond acceptors (Lipinski definition) is 2. The van der Waals surface area contributed by atoms with Gasteiger partial charge in [0.05, 0.1) is 5.92 Å². The molecule has 0 radical (unpaired) electrons. The first-order valence-electron chi connectivity index (χ1n) is 7.25. The molecule has 114 valence electrons. The number of hydrogen-bond donors (Lipinski definition) is 2. The number of carbonyl (C=O) groups excluding carboxylic acids is 1. The van der Waals surface area contributed by atoms with Crippen molar-refractivity contribution in [3.05, 3.63) is 35.6 Å². The lowest BCUT2D eigenvalue weighted by molar-refractivity contribution is -0.142. The molecule has 1 saturated carbocycles. The highest BCUT2D eigenvalue weighted by atomic mass is 19.1. The lowest BCUT2D eigenvalue weighted by Crippen LogP contribution is -2.42. The maximum atomic E-state index is 13.6. The van der Waals surface area contributed by atoms with E-state index in [0.717, 1.165) is 6.42 Å². The molecule has 0 unspecified atom stereocenters. The first kappa shape index (κ1) is 15.5. The van der Waals surface area contributed by atoms with E-state index in [0.29, 0.717) is 24.8 Å². The summed E-state index contributed by atoms with van der Waals surface area (Å²) in [5, 5.41) is 11.9. The van der Waals surface area contributed by atoms with E-state index in [4.69, 9.17) is 5.11 Å². The molecular weight excluding hydrogens is 273 g/mol. The fourth-order valence-corrected chi connectivity index (χ4v) is 2.84. The molecule has 1 aromatic rings. The summed E-state index contributed by atoms with van der Waals surface area (Å²) in [5.41, 5.74) is 0.501. The van der Waals surface area contributed by atoms with E-state index in [1.165, 1.54) is 6.07 Å². The molecule has 0 aromatic heterocycles. The monoisotopic (exact) mass is 293 g/mol. The van der Waals surface area contributed by atoms with E-state index in [1.807, 2.05) is 0 Å². The van der Waals surface area contributed by atoms with Gasteiger partial charge in [-0.25, -0.2) is 4.39 Å². The molecular formula is C16H20FNO3. The van der Waals surface area contributed by atoms with Gasteiger partial charge in [-0.3, -0.25) is 9.59 Å². The molecule has 4 nitrogen and oxygen atoms in total. The highest BCUT2D eigenvalue weighted by Gasteiger charge is 2.34. The number of carboxylic acid groups (broad SMARTS) is 1. The summed E-state index contributed by atoms with van der Waals surface area (Å²) in [6.45, 7) is 1.73. The van der Waals surface area contributed by atoms with Crippen LogP contribution in [0.4, 0.5) is 4.39 Å². The topological polar surface area (TPSA) is 66.4 Å². The Hall–Kier alpha value is -1.91. The van der Waals surface area contributed by atoms with E-state index >= 15 is 0 Å². The fraction of sp³-hybridized carbons (Fsp3) is 0.500. The van der Waals surface area contributed by atoms with Crippen LogP contribution >= 0.6 is 0 Å². The van der Waals surface area contributed by atoms with Crippen LogP contribution in [0.2, 0.25) is 0 Å². The molecule has 1 amide bonds. The van der Waals surface area contributed by atoms with E-state index in [1.54, 1.807) is 25.1 Å². The van der Waals surface area contributed by atoms with E-state index < -0.39 is 17.8 Å². The zero-order chi connectivity index (χ0) is 15.4. The maximum Gasteiger partial charge on any atom is 0.308 e. The molecule has 0 spiro atoms. The molecule has 1 aliphatic rings. The van der Waals surface area contributed by atoms with Gasteiger partial charge in [0.1, 0.15) is 5.82 Å². The standard InChI is InChI=1S/C16H20FNO3/c1-10(9-11-5-2-3-7-13(11)17)15(19)18-14-8-4-6-12(14)16(20)21/h2-3,5,7,10,12,14H,4,6,8-9H2,1H3,(H,18,19)(H,20,21)/t10-,12-,14+/m1/s1. The van der Waals surface area contributed by atoms with Crippen molar-refractivity contribution >= 4 is 11.9 Å². The van der Waals surface area contributed by atoms with E-state index in [9.17, 15) is 14.0 Å². The smallest absolute Gasteiger partial charge is 0.308 e. The lowest BCUT2D eigenvalue weighted by Gasteiger charge is -2.20. The SMILES string of the molecule is C[C@H](Cc1ccccc1F)C(=O)N[C@H]1CCC[C@H]1C(=O)O. The number of amides is 1. The van der Waals surface area contributed by atoms with E-state index in [2.05, 4.69) is 5.32 Å². The number of benzene rings is 1. The van der Waals surface area contributed by atoms with Crippen molar-refractivity contribution < 1.29 is 19.1 Å². The van der Waals surface area contributed by atoms with Crippen LogP contribution in [0.15, 0.2) is 24.3 Å². The number of rotatable bonds is 5. The van der Waals surface area contributed by atoms with Crippen LogP contribution in [-0.4, -0.2) is 23.0 Å². The number of nitrogens with one attached hydrogen (secondary N) is 1. The molecule has 0 bridgehead atoms. The fourth-order valence-electron chi connectivity index (χ4n) is 2.84. The molecule has 21 heavy (non-hydrogen) atoms. The Balaban J connectivity index is 1.94. The summed E-state index contributed by atoms with van der Waals surface area (Å²) in [6.07, 6.45) is 2.41. The Bertz CT molecular complexity index is 532. The largest absolute Gasteiger partial charge is 0.481 e. The van der Waals surface area contributed by atoms with Gasteiger partial charge in [0.15, 0.2) is 0 Å². The third-order valence-electron chi connectivity index (χ3n) is 4.09. The number of carbonyl (C=O) groups is 2. The highest BCUT2D eigenvalue weighted by Crippen LogP contribution is 2.26. The van der Waals surface area contributed by atoms with Crippen molar-refractivity contribution in [2.75, 3.05) is 0 Å². The van der Waals surface area contributed by atoms with Crippen LogP contribution in [0.3, 0.4) is 0 Å². The minimum Gasteiger partial charge on any atom is -0.481 e. The minimum atomic E-state index is -0.862. The summed E-state index contributed by atoms with van der Waals surface area (Å²) < 4.78 is 13.6. The van der Waals surface area contributed by atoms with E-state index in [-0.39, 0.29) is 17.8 Å². The average Bonchev–Trinajstić information content (AvgIpc) is 2.89. The second-order valence-electron chi connectivity index (χ2n) is 5.69. The summed E-state index contributed by atoms with van der Waals surface area (Å²) >= 11 is 0. The Kier molecular flexibility index (Phi) is 4.94. The van der Waals surface area contributed by atoms with Gasteiger partial charge in [-0.1, -0.05) is 31.5 Å². The first-order chi connectivity index (χ1) is 9.99. The Morgan fingerprint density at radius 3 is 2.76 bits per heavy atom. The van der Waals surface area contributed by atoms with Crippen molar-refractivity contribution in [3.8, 4) is 0 Å². The van der Waals surface area contributed by atoms with Crippen molar-refractivity contribution in [3.63, 3.8) is 0 Å². The van der Waals surface area contributed by atoms with Crippen LogP contribution in [0.1, 0.15) is 31.7 Å². The predicted molar refractivity (Wildman–Crippen MR) is 76.2 cm³/mol. The second kappa shape index (κ2) is 6.70. The molecule has 0 heterocycles. The molecule has 1 aliphatic carbocycles. The minimum absolute atomic E-state index is 0.212. The van der Waals surface area contributed by atoms with Gasteiger partial charge in [0.25, 0.3) is 0 Å². The zero-order valence-corrected chi connectivity index (χ0v) is 12.0. The van der Waals surface area contributed by atoms with Crippen molar-refractivity contribution in [2.45, 2.75) is 38.6 Å². The molecule has 1 fully saturated rings. The highest BCUT2D eigenvalue weighted by molar-refractivity contribution is 5.80. The molecule has 0 aliphatic heterocycles. The summed E-state index contributed by atoms with van der Waals surface area (Å²) in [4.78, 5) is 23.3. The molecule has 2 rings (SSSR count). The van der Waals surface area contributed by atoms with Crippen LogP contribution in [0, 0.1) is 17.7 Å². The van der Waals surface area contributed by atoms with Crippen LogP contribution in [0.25, 0.3) is 0 Å². The number of carboxylic acids is 1. The predicted octanol–water partition coefficient (Wildman–Crippen LogP) is 2.37. The van der Waals surface area contributed by atoms with Gasteiger partial charge < -0.3 is 10.4 Å². The van der Waals surface area contributed by atoms with Gasteiger partial charge in [-0.2, -0.15) is 0 Å². The maximum absolute atomic E-state index is 13.6. The van der Waals surface area contributed by atoms with Crippen molar-refractivity contribution in [1.82, 2.24) is 5.32 Å². The Morgan fingerprint density at radius 2 is 2.10 bits per heavy atom. The molecule has 3 atom stereocenters. The quantitative estimate of drug-likeness (QED) is 0.876. The van der Waals surface area contributed by atoms with Gasteiger partial charge in [0.2, 0.25) is 5.91 Å². The van der Waals surface area contributed by atoms with Crippen LogP contribution < -0.4 is 5.32 Å². The summed E-state index contributed by atoms with van der Waals surface area (Å²) in [6, 6.07) is 6.07. The molecule has 2 N–H and O–H groups in total. The summed E-state index contributed by atoms with van der Waals surface area (Å²) in [7, 11) is 0. The lowest BCUT2D eigenvalue weighted by atomic mass is 9.98. The van der Waals surface area contributed by atoms with Gasteiger partial charge in [-0.15, -0.1) is 0 Å². The Morgan fingerprint density at radius 1 is 1.38 bits per heavy atom. The average molecular weight is 293 g/mol. The third-order valence-corrected chi connectivity index (χ3v) is 4.09. The van der Waals surface area contributed by atoms with Crippen LogP contribution in [0.5, 0.6) is 0 Å². The molecule has 0 saturated heterocycles. The number of aliphatic carboxylic acids is 1. The van der Waals surface area contributed by atoms with Gasteiger partial charge in [0, 0.05) is 12.0 Å². The molecule has 1 aromatic carbocycles. The van der Waals surface area contributed by atoms with Crippen molar-refractivity contribution in [2.24, 2.45) is 11.8 Å². The Labute approximate surface area is 123 Å². The molecule has 5 heteroatoms. The van der Waals surface area contributed by atoms with Crippen molar-refractivity contribution in [1.29, 1.82) is 0 Å². The number of halogens is 1.